The summed E-state index contributed by atoms with van der Waals surface area (Å²) in [5.41, 5.74) is 8.99. The Labute approximate surface area is 173 Å². The van der Waals surface area contributed by atoms with Gasteiger partial charge in [-0.1, -0.05) is 29.3 Å². The van der Waals surface area contributed by atoms with Crippen LogP contribution in [0, 0.1) is 0 Å². The highest BCUT2D eigenvalue weighted by Gasteiger charge is 2.18. The molecule has 2 heterocycles. The molecule has 1 aromatic heterocycles. The first kappa shape index (κ1) is 20.1. The molecule has 0 bridgehead atoms. The van der Waals surface area contributed by atoms with Gasteiger partial charge in [-0.3, -0.25) is 15.2 Å². The molecule has 3 rings (SSSR count). The van der Waals surface area contributed by atoms with Crippen LogP contribution in [0.5, 0.6) is 0 Å². The normalized spacial score (nSPS) is 16.1. The second kappa shape index (κ2) is 9.52. The van der Waals surface area contributed by atoms with Crippen molar-refractivity contribution in [3.8, 4) is 0 Å². The van der Waals surface area contributed by atoms with Gasteiger partial charge >= 0.3 is 0 Å². The first-order valence-corrected chi connectivity index (χ1v) is 9.72. The summed E-state index contributed by atoms with van der Waals surface area (Å²) in [7, 11) is 0. The molecule has 27 heavy (non-hydrogen) atoms. The van der Waals surface area contributed by atoms with Crippen molar-refractivity contribution in [1.82, 2.24) is 15.2 Å². The van der Waals surface area contributed by atoms with E-state index in [1.54, 1.807) is 6.21 Å². The molecular formula is C18H21Cl2N5OS. The van der Waals surface area contributed by atoms with E-state index < -0.39 is 0 Å². The molecule has 0 atom stereocenters. The topological polar surface area (TPSA) is 70.0 Å². The molecule has 1 fully saturated rings. The minimum atomic E-state index is 0.122. The summed E-state index contributed by atoms with van der Waals surface area (Å²) in [5, 5.41) is 5.21. The SMILES string of the molecule is NC(=S)NN=Cc1ccc(CN2CCN(Cc3ccc(Cl)c(Cl)c3)CC2)o1. The van der Waals surface area contributed by atoms with Crippen LogP contribution in [0.15, 0.2) is 39.9 Å². The van der Waals surface area contributed by atoms with Gasteiger partial charge in [0, 0.05) is 32.7 Å². The number of hydrazone groups is 1. The molecule has 0 unspecified atom stereocenters. The summed E-state index contributed by atoms with van der Waals surface area (Å²) < 4.78 is 5.76. The molecule has 0 amide bonds. The predicted molar refractivity (Wildman–Crippen MR) is 113 cm³/mol. The van der Waals surface area contributed by atoms with Gasteiger partial charge in [0.05, 0.1) is 22.8 Å². The smallest absolute Gasteiger partial charge is 0.184 e. The molecule has 2 aromatic rings. The van der Waals surface area contributed by atoms with Crippen molar-refractivity contribution in [3.63, 3.8) is 0 Å². The van der Waals surface area contributed by atoms with Crippen LogP contribution in [0.25, 0.3) is 0 Å². The lowest BCUT2D eigenvalue weighted by Gasteiger charge is -2.34. The van der Waals surface area contributed by atoms with Crippen molar-refractivity contribution < 1.29 is 4.42 Å². The van der Waals surface area contributed by atoms with Crippen molar-refractivity contribution in [2.24, 2.45) is 10.8 Å². The van der Waals surface area contributed by atoms with Crippen molar-refractivity contribution in [3.05, 3.63) is 57.5 Å². The van der Waals surface area contributed by atoms with Crippen molar-refractivity contribution in [2.45, 2.75) is 13.1 Å². The van der Waals surface area contributed by atoms with Crippen LogP contribution in [0.1, 0.15) is 17.1 Å². The van der Waals surface area contributed by atoms with E-state index in [-0.39, 0.29) is 5.11 Å². The van der Waals surface area contributed by atoms with Crippen LogP contribution in [0.2, 0.25) is 10.0 Å². The number of halogens is 2. The maximum absolute atomic E-state index is 6.10. The number of piperazine rings is 1. The number of hydrogen-bond acceptors (Lipinski definition) is 5. The Balaban J connectivity index is 1.45. The second-order valence-electron chi connectivity index (χ2n) is 6.34. The summed E-state index contributed by atoms with van der Waals surface area (Å²) >= 11 is 16.8. The Kier molecular flexibility index (Phi) is 7.09. The molecule has 1 aliphatic rings. The van der Waals surface area contributed by atoms with E-state index in [2.05, 4.69) is 32.5 Å². The molecule has 1 aliphatic heterocycles. The predicted octanol–water partition coefficient (Wildman–Crippen LogP) is 3.07. The zero-order valence-electron chi connectivity index (χ0n) is 14.7. The summed E-state index contributed by atoms with van der Waals surface area (Å²) in [5.74, 6) is 1.57. The number of nitrogens with zero attached hydrogens (tertiary/aromatic N) is 3. The highest BCUT2D eigenvalue weighted by Crippen LogP contribution is 2.23. The molecule has 1 saturated heterocycles. The lowest BCUT2D eigenvalue weighted by Crippen LogP contribution is -2.45. The average Bonchev–Trinajstić information content (AvgIpc) is 3.07. The van der Waals surface area contributed by atoms with Crippen molar-refractivity contribution in [2.75, 3.05) is 26.2 Å². The number of hydrogen-bond donors (Lipinski definition) is 2. The van der Waals surface area contributed by atoms with E-state index in [4.69, 9.17) is 33.4 Å². The van der Waals surface area contributed by atoms with E-state index in [1.165, 1.54) is 5.56 Å². The zero-order chi connectivity index (χ0) is 19.2. The van der Waals surface area contributed by atoms with E-state index in [1.807, 2.05) is 30.3 Å². The van der Waals surface area contributed by atoms with Crippen LogP contribution in [0.4, 0.5) is 0 Å². The van der Waals surface area contributed by atoms with Crippen molar-refractivity contribution >= 4 is 46.7 Å². The quantitative estimate of drug-likeness (QED) is 0.421. The summed E-state index contributed by atoms with van der Waals surface area (Å²) in [6, 6.07) is 9.65. The van der Waals surface area contributed by atoms with E-state index in [0.717, 1.165) is 45.0 Å². The first-order valence-electron chi connectivity index (χ1n) is 8.55. The van der Waals surface area contributed by atoms with E-state index in [0.29, 0.717) is 15.8 Å². The minimum absolute atomic E-state index is 0.122. The zero-order valence-corrected chi connectivity index (χ0v) is 17.0. The molecule has 3 N–H and O–H groups in total. The van der Waals surface area contributed by atoms with E-state index >= 15 is 0 Å². The van der Waals surface area contributed by atoms with Gasteiger partial charge in [-0.05, 0) is 42.0 Å². The third-order valence-corrected chi connectivity index (χ3v) is 5.11. The lowest BCUT2D eigenvalue weighted by molar-refractivity contribution is 0.116. The maximum atomic E-state index is 6.10. The molecule has 9 heteroatoms. The molecule has 6 nitrogen and oxygen atoms in total. The highest BCUT2D eigenvalue weighted by atomic mass is 35.5. The fourth-order valence-corrected chi connectivity index (χ4v) is 3.30. The van der Waals surface area contributed by atoms with Gasteiger partial charge in [0.2, 0.25) is 0 Å². The van der Waals surface area contributed by atoms with Gasteiger partial charge in [0.15, 0.2) is 5.11 Å². The number of thiocarbonyl (C=S) groups is 1. The minimum Gasteiger partial charge on any atom is -0.459 e. The molecule has 144 valence electrons. The Morgan fingerprint density at radius 1 is 1.11 bits per heavy atom. The largest absolute Gasteiger partial charge is 0.459 e. The van der Waals surface area contributed by atoms with Gasteiger partial charge in [-0.2, -0.15) is 5.10 Å². The number of benzene rings is 1. The standard InChI is InChI=1S/C18H21Cl2N5OS/c19-16-4-1-13(9-17(16)20)11-24-5-7-25(8-6-24)12-15-3-2-14(26-15)10-22-23-18(21)27/h1-4,9-10H,5-8,11-12H2,(H3,21,23,27). The molecule has 0 saturated carbocycles. The Hall–Kier alpha value is -1.64. The monoisotopic (exact) mass is 425 g/mol. The number of nitrogens with one attached hydrogen (secondary N) is 1. The van der Waals surface area contributed by atoms with Gasteiger partial charge in [0.25, 0.3) is 0 Å². The van der Waals surface area contributed by atoms with Crippen LogP contribution < -0.4 is 11.2 Å². The summed E-state index contributed by atoms with van der Waals surface area (Å²) in [6.45, 7) is 5.60. The first-order chi connectivity index (χ1) is 13.0. The fraction of sp³-hybridized carbons (Fsp3) is 0.333. The van der Waals surface area contributed by atoms with Gasteiger partial charge in [0.1, 0.15) is 11.5 Å². The number of nitrogens with two attached hydrogens (primary N) is 1. The second-order valence-corrected chi connectivity index (χ2v) is 7.59. The van der Waals surface area contributed by atoms with Crippen LogP contribution in [-0.2, 0) is 13.1 Å². The number of furan rings is 1. The van der Waals surface area contributed by atoms with Crippen molar-refractivity contribution in [1.29, 1.82) is 0 Å². The Morgan fingerprint density at radius 3 is 2.48 bits per heavy atom. The molecule has 0 radical (unpaired) electrons. The van der Waals surface area contributed by atoms with Crippen LogP contribution >= 0.6 is 35.4 Å². The Morgan fingerprint density at radius 2 is 1.81 bits per heavy atom. The molecule has 0 spiro atoms. The number of rotatable bonds is 6. The highest BCUT2D eigenvalue weighted by molar-refractivity contribution is 7.80. The summed E-state index contributed by atoms with van der Waals surface area (Å²) in [6.07, 6.45) is 1.55. The molecule has 0 aliphatic carbocycles. The Bertz CT molecular complexity index is 818. The molecule has 1 aromatic carbocycles. The van der Waals surface area contributed by atoms with Crippen LogP contribution in [0.3, 0.4) is 0 Å². The third-order valence-electron chi connectivity index (χ3n) is 4.28. The van der Waals surface area contributed by atoms with Gasteiger partial charge in [-0.15, -0.1) is 0 Å². The van der Waals surface area contributed by atoms with Gasteiger partial charge in [-0.25, -0.2) is 0 Å². The third kappa shape index (κ3) is 6.19. The average molecular weight is 426 g/mol. The van der Waals surface area contributed by atoms with E-state index in [9.17, 15) is 0 Å². The fourth-order valence-electron chi connectivity index (χ4n) is 2.93. The maximum Gasteiger partial charge on any atom is 0.184 e. The van der Waals surface area contributed by atoms with Crippen LogP contribution in [-0.4, -0.2) is 47.3 Å². The summed E-state index contributed by atoms with van der Waals surface area (Å²) in [4.78, 5) is 4.79. The molecular weight excluding hydrogens is 405 g/mol. The van der Waals surface area contributed by atoms with Gasteiger partial charge < -0.3 is 10.2 Å². The lowest BCUT2D eigenvalue weighted by atomic mass is 10.2.